The van der Waals surface area contributed by atoms with Crippen molar-refractivity contribution in [1.82, 2.24) is 4.90 Å². The highest BCUT2D eigenvalue weighted by Gasteiger charge is 2.34. The van der Waals surface area contributed by atoms with Crippen molar-refractivity contribution in [3.8, 4) is 0 Å². The van der Waals surface area contributed by atoms with E-state index in [2.05, 4.69) is 36.1 Å². The van der Waals surface area contributed by atoms with Gasteiger partial charge in [-0.1, -0.05) is 31.2 Å². The lowest BCUT2D eigenvalue weighted by Gasteiger charge is -2.46. The first-order valence-electron chi connectivity index (χ1n) is 7.85. The van der Waals surface area contributed by atoms with Gasteiger partial charge in [-0.2, -0.15) is 0 Å². The maximum Gasteiger partial charge on any atom is 0.0354 e. The van der Waals surface area contributed by atoms with E-state index in [0.29, 0.717) is 12.1 Å². The van der Waals surface area contributed by atoms with Crippen molar-refractivity contribution in [2.75, 3.05) is 13.1 Å². The van der Waals surface area contributed by atoms with Crippen molar-refractivity contribution in [3.05, 3.63) is 35.4 Å². The summed E-state index contributed by atoms with van der Waals surface area (Å²) in [6.07, 6.45) is 6.55. The molecule has 1 saturated heterocycles. The zero-order valence-corrected chi connectivity index (χ0v) is 12.0. The van der Waals surface area contributed by atoms with Gasteiger partial charge < -0.3 is 5.73 Å². The van der Waals surface area contributed by atoms with Crippen LogP contribution in [-0.2, 0) is 6.42 Å². The summed E-state index contributed by atoms with van der Waals surface area (Å²) < 4.78 is 0. The van der Waals surface area contributed by atoms with Crippen molar-refractivity contribution in [2.45, 2.75) is 51.1 Å². The molecule has 0 saturated carbocycles. The average Bonchev–Trinajstić information content (AvgIpc) is 2.46. The minimum atomic E-state index is 0.574. The summed E-state index contributed by atoms with van der Waals surface area (Å²) in [7, 11) is 0. The maximum absolute atomic E-state index is 6.07. The lowest BCUT2D eigenvalue weighted by atomic mass is 9.82. The van der Waals surface area contributed by atoms with Crippen molar-refractivity contribution in [2.24, 2.45) is 11.7 Å². The van der Waals surface area contributed by atoms with E-state index in [1.165, 1.54) is 38.6 Å². The molecule has 19 heavy (non-hydrogen) atoms. The smallest absolute Gasteiger partial charge is 0.0354 e. The SMILES string of the molecule is CC1CCCN(C2CCCc3ccccc32)C1CN. The lowest BCUT2D eigenvalue weighted by molar-refractivity contribution is 0.0537. The van der Waals surface area contributed by atoms with Crippen LogP contribution in [-0.4, -0.2) is 24.0 Å². The van der Waals surface area contributed by atoms with E-state index in [-0.39, 0.29) is 0 Å². The highest BCUT2D eigenvalue weighted by molar-refractivity contribution is 5.32. The molecular weight excluding hydrogens is 232 g/mol. The van der Waals surface area contributed by atoms with E-state index in [9.17, 15) is 0 Å². The van der Waals surface area contributed by atoms with Crippen LogP contribution in [0.15, 0.2) is 24.3 Å². The second-order valence-corrected chi connectivity index (χ2v) is 6.27. The Bertz CT molecular complexity index is 429. The van der Waals surface area contributed by atoms with E-state index >= 15 is 0 Å². The molecule has 1 aromatic rings. The van der Waals surface area contributed by atoms with Crippen LogP contribution in [0, 0.1) is 5.92 Å². The van der Waals surface area contributed by atoms with Crippen LogP contribution in [0.1, 0.15) is 49.8 Å². The van der Waals surface area contributed by atoms with Crippen LogP contribution in [0.3, 0.4) is 0 Å². The Hall–Kier alpha value is -0.860. The number of hydrogen-bond acceptors (Lipinski definition) is 2. The van der Waals surface area contributed by atoms with Gasteiger partial charge in [0.2, 0.25) is 0 Å². The molecule has 2 aliphatic rings. The number of nitrogens with two attached hydrogens (primary N) is 1. The van der Waals surface area contributed by atoms with E-state index < -0.39 is 0 Å². The van der Waals surface area contributed by atoms with Crippen LogP contribution in [0.2, 0.25) is 0 Å². The first-order chi connectivity index (χ1) is 9.31. The number of aryl methyl sites for hydroxylation is 1. The molecule has 104 valence electrons. The predicted octanol–water partition coefficient (Wildman–Crippen LogP) is 3.12. The number of benzene rings is 1. The molecule has 1 aliphatic heterocycles. The molecule has 1 aromatic carbocycles. The van der Waals surface area contributed by atoms with Crippen molar-refractivity contribution in [3.63, 3.8) is 0 Å². The fourth-order valence-electron chi connectivity index (χ4n) is 4.11. The van der Waals surface area contributed by atoms with E-state index in [1.807, 2.05) is 0 Å². The van der Waals surface area contributed by atoms with Gasteiger partial charge >= 0.3 is 0 Å². The predicted molar refractivity (Wildman–Crippen MR) is 80.1 cm³/mol. The van der Waals surface area contributed by atoms with Crippen molar-refractivity contribution in [1.29, 1.82) is 0 Å². The molecule has 0 spiro atoms. The first kappa shape index (κ1) is 13.1. The van der Waals surface area contributed by atoms with Crippen LogP contribution >= 0.6 is 0 Å². The monoisotopic (exact) mass is 258 g/mol. The number of rotatable bonds is 2. The number of hydrogen-bond donors (Lipinski definition) is 1. The van der Waals surface area contributed by atoms with Crippen molar-refractivity contribution >= 4 is 0 Å². The Morgan fingerprint density at radius 3 is 2.89 bits per heavy atom. The summed E-state index contributed by atoms with van der Waals surface area (Å²) in [6.45, 7) is 4.41. The van der Waals surface area contributed by atoms with E-state index in [1.54, 1.807) is 11.1 Å². The van der Waals surface area contributed by atoms with E-state index in [4.69, 9.17) is 5.73 Å². The zero-order chi connectivity index (χ0) is 13.2. The molecule has 0 radical (unpaired) electrons. The van der Waals surface area contributed by atoms with Crippen LogP contribution in [0.25, 0.3) is 0 Å². The summed E-state index contributed by atoms with van der Waals surface area (Å²) >= 11 is 0. The van der Waals surface area contributed by atoms with Gasteiger partial charge in [-0.15, -0.1) is 0 Å². The molecule has 2 heteroatoms. The highest BCUT2D eigenvalue weighted by Crippen LogP contribution is 2.38. The first-order valence-corrected chi connectivity index (χ1v) is 7.85. The average molecular weight is 258 g/mol. The van der Waals surface area contributed by atoms with Crippen LogP contribution < -0.4 is 5.73 Å². The second kappa shape index (κ2) is 5.64. The fraction of sp³-hybridized carbons (Fsp3) is 0.647. The maximum atomic E-state index is 6.07. The Morgan fingerprint density at radius 1 is 1.21 bits per heavy atom. The molecule has 1 fully saturated rings. The topological polar surface area (TPSA) is 29.3 Å². The standard InChI is InChI=1S/C17H26N2/c1-13-6-5-11-19(17(13)12-18)16-10-4-8-14-7-2-3-9-15(14)16/h2-3,7,9,13,16-17H,4-6,8,10-12,18H2,1H3. The summed E-state index contributed by atoms with van der Waals surface area (Å²) in [5.41, 5.74) is 9.20. The Morgan fingerprint density at radius 2 is 2.05 bits per heavy atom. The minimum Gasteiger partial charge on any atom is -0.329 e. The van der Waals surface area contributed by atoms with Gasteiger partial charge in [0.15, 0.2) is 0 Å². The normalized spacial score (nSPS) is 32.0. The Labute approximate surface area is 117 Å². The zero-order valence-electron chi connectivity index (χ0n) is 12.0. The number of piperidine rings is 1. The fourth-order valence-corrected chi connectivity index (χ4v) is 4.11. The number of fused-ring (bicyclic) bond motifs is 1. The molecular formula is C17H26N2. The lowest BCUT2D eigenvalue weighted by Crippen LogP contribution is -2.50. The molecule has 1 heterocycles. The van der Waals surface area contributed by atoms with Gasteiger partial charge in [-0.25, -0.2) is 0 Å². The number of likely N-dealkylation sites (tertiary alicyclic amines) is 1. The molecule has 0 aromatic heterocycles. The molecule has 3 rings (SSSR count). The highest BCUT2D eigenvalue weighted by atomic mass is 15.2. The molecule has 0 bridgehead atoms. The Balaban J connectivity index is 1.89. The van der Waals surface area contributed by atoms with Gasteiger partial charge in [0.05, 0.1) is 0 Å². The quantitative estimate of drug-likeness (QED) is 0.883. The third kappa shape index (κ3) is 2.44. The minimum absolute atomic E-state index is 0.574. The second-order valence-electron chi connectivity index (χ2n) is 6.27. The third-order valence-corrected chi connectivity index (χ3v) is 5.14. The summed E-state index contributed by atoms with van der Waals surface area (Å²) in [6, 6.07) is 10.2. The molecule has 0 amide bonds. The van der Waals surface area contributed by atoms with Gasteiger partial charge in [-0.05, 0) is 55.7 Å². The largest absolute Gasteiger partial charge is 0.329 e. The van der Waals surface area contributed by atoms with Gasteiger partial charge in [-0.3, -0.25) is 4.90 Å². The Kier molecular flexibility index (Phi) is 3.90. The molecule has 1 aliphatic carbocycles. The van der Waals surface area contributed by atoms with Crippen LogP contribution in [0.4, 0.5) is 0 Å². The van der Waals surface area contributed by atoms with E-state index in [0.717, 1.165) is 12.5 Å². The van der Waals surface area contributed by atoms with Crippen LogP contribution in [0.5, 0.6) is 0 Å². The molecule has 2 nitrogen and oxygen atoms in total. The van der Waals surface area contributed by atoms with Gasteiger partial charge in [0.25, 0.3) is 0 Å². The molecule has 3 atom stereocenters. The molecule has 2 N–H and O–H groups in total. The third-order valence-electron chi connectivity index (χ3n) is 5.14. The van der Waals surface area contributed by atoms with Crippen molar-refractivity contribution < 1.29 is 0 Å². The number of nitrogens with zero attached hydrogens (tertiary/aromatic N) is 1. The summed E-state index contributed by atoms with van der Waals surface area (Å²) in [5, 5.41) is 0. The van der Waals surface area contributed by atoms with Gasteiger partial charge in [0, 0.05) is 18.6 Å². The molecule has 3 unspecified atom stereocenters. The van der Waals surface area contributed by atoms with Gasteiger partial charge in [0.1, 0.15) is 0 Å². The summed E-state index contributed by atoms with van der Waals surface area (Å²) in [4.78, 5) is 2.71. The summed E-state index contributed by atoms with van der Waals surface area (Å²) in [5.74, 6) is 0.743.